The zero-order valence-corrected chi connectivity index (χ0v) is 19.4. The van der Waals surface area contributed by atoms with E-state index in [4.69, 9.17) is 9.47 Å². The molecular formula is C23H32N2O5S. The third-order valence-corrected chi connectivity index (χ3v) is 6.04. The van der Waals surface area contributed by atoms with Gasteiger partial charge in [0.05, 0.1) is 31.7 Å². The summed E-state index contributed by atoms with van der Waals surface area (Å²) in [5.74, 6) is 1.15. The molecule has 0 radical (unpaired) electrons. The van der Waals surface area contributed by atoms with Crippen molar-refractivity contribution >= 4 is 21.6 Å². The van der Waals surface area contributed by atoms with Crippen LogP contribution in [0.25, 0.3) is 0 Å². The molecule has 0 aliphatic heterocycles. The smallest absolute Gasteiger partial charge is 0.232 e. The number of ether oxygens (including phenoxy) is 2. The lowest BCUT2D eigenvalue weighted by atomic mass is 10.0. The molecule has 2 rings (SSSR count). The molecule has 0 unspecified atom stereocenters. The number of hydrogen-bond acceptors (Lipinski definition) is 5. The number of para-hydroxylation sites is 2. The average molecular weight is 449 g/mol. The lowest BCUT2D eigenvalue weighted by molar-refractivity contribution is -0.121. The monoisotopic (exact) mass is 448 g/mol. The standard InChI is InChI=1S/C23H32N2O5S/c1-5-20(18-13-15-19(29-3)16-14-18)24-23(26)12-9-17-25(31(4,27)28)21-10-7-8-11-22(21)30-6-2/h7-8,10-11,13-16,20H,5-6,9,12,17H2,1-4H3,(H,24,26)/t20-/m1/s1. The van der Waals surface area contributed by atoms with Crippen molar-refractivity contribution in [1.29, 1.82) is 0 Å². The highest BCUT2D eigenvalue weighted by atomic mass is 32.2. The van der Waals surface area contributed by atoms with E-state index in [2.05, 4.69) is 5.32 Å². The Balaban J connectivity index is 2.01. The molecule has 0 heterocycles. The minimum absolute atomic E-state index is 0.108. The topological polar surface area (TPSA) is 84.9 Å². The van der Waals surface area contributed by atoms with Gasteiger partial charge in [0.15, 0.2) is 0 Å². The Labute approximate surface area is 185 Å². The molecule has 0 aliphatic carbocycles. The Morgan fingerprint density at radius 2 is 1.77 bits per heavy atom. The van der Waals surface area contributed by atoms with Gasteiger partial charge in [-0.05, 0) is 49.6 Å². The van der Waals surface area contributed by atoms with Crippen molar-refractivity contribution in [1.82, 2.24) is 5.32 Å². The molecule has 8 heteroatoms. The zero-order valence-electron chi connectivity index (χ0n) is 18.6. The number of rotatable bonds is 12. The van der Waals surface area contributed by atoms with Gasteiger partial charge in [-0.3, -0.25) is 9.10 Å². The molecule has 1 N–H and O–H groups in total. The van der Waals surface area contributed by atoms with E-state index in [0.717, 1.165) is 24.0 Å². The van der Waals surface area contributed by atoms with E-state index in [1.807, 2.05) is 38.1 Å². The molecule has 2 aromatic rings. The number of methoxy groups -OCH3 is 1. The molecule has 0 aromatic heterocycles. The number of hydrogen-bond donors (Lipinski definition) is 1. The fourth-order valence-electron chi connectivity index (χ4n) is 3.31. The maximum absolute atomic E-state index is 12.5. The second-order valence-electron chi connectivity index (χ2n) is 7.14. The summed E-state index contributed by atoms with van der Waals surface area (Å²) >= 11 is 0. The number of nitrogens with one attached hydrogen (secondary N) is 1. The fourth-order valence-corrected chi connectivity index (χ4v) is 4.28. The van der Waals surface area contributed by atoms with E-state index in [-0.39, 0.29) is 24.9 Å². The molecule has 1 amide bonds. The maximum atomic E-state index is 12.5. The second kappa shape index (κ2) is 11.6. The summed E-state index contributed by atoms with van der Waals surface area (Å²) in [4.78, 5) is 12.5. The van der Waals surface area contributed by atoms with Crippen molar-refractivity contribution in [3.05, 3.63) is 54.1 Å². The van der Waals surface area contributed by atoms with Gasteiger partial charge in [-0.2, -0.15) is 0 Å². The van der Waals surface area contributed by atoms with Gasteiger partial charge in [0, 0.05) is 13.0 Å². The van der Waals surface area contributed by atoms with Crippen LogP contribution in [0.4, 0.5) is 5.69 Å². The first-order valence-electron chi connectivity index (χ1n) is 10.4. The highest BCUT2D eigenvalue weighted by Gasteiger charge is 2.21. The van der Waals surface area contributed by atoms with E-state index in [0.29, 0.717) is 24.5 Å². The molecule has 2 aromatic carbocycles. The van der Waals surface area contributed by atoms with Crippen LogP contribution in [0.15, 0.2) is 48.5 Å². The summed E-state index contributed by atoms with van der Waals surface area (Å²) in [6, 6.07) is 14.5. The first-order valence-corrected chi connectivity index (χ1v) is 12.3. The zero-order chi connectivity index (χ0) is 22.9. The van der Waals surface area contributed by atoms with Crippen molar-refractivity contribution in [3.8, 4) is 11.5 Å². The SMILES string of the molecule is CCOc1ccccc1N(CCCC(=O)N[C@H](CC)c1ccc(OC)cc1)S(C)(=O)=O. The van der Waals surface area contributed by atoms with Crippen LogP contribution in [0.3, 0.4) is 0 Å². The Bertz CT molecular complexity index is 945. The lowest BCUT2D eigenvalue weighted by Gasteiger charge is -2.24. The molecule has 0 bridgehead atoms. The summed E-state index contributed by atoms with van der Waals surface area (Å²) in [6.07, 6.45) is 2.51. The molecule has 7 nitrogen and oxygen atoms in total. The molecule has 31 heavy (non-hydrogen) atoms. The van der Waals surface area contributed by atoms with Crippen molar-refractivity contribution in [2.75, 3.05) is 30.8 Å². The molecule has 0 fully saturated rings. The summed E-state index contributed by atoms with van der Waals surface area (Å²) in [5, 5.41) is 3.03. The van der Waals surface area contributed by atoms with E-state index >= 15 is 0 Å². The highest BCUT2D eigenvalue weighted by Crippen LogP contribution is 2.30. The number of anilines is 1. The van der Waals surface area contributed by atoms with Crippen LogP contribution in [0.2, 0.25) is 0 Å². The van der Waals surface area contributed by atoms with Gasteiger partial charge in [0.2, 0.25) is 15.9 Å². The van der Waals surface area contributed by atoms with Crippen LogP contribution in [-0.2, 0) is 14.8 Å². The van der Waals surface area contributed by atoms with Gasteiger partial charge in [-0.1, -0.05) is 31.2 Å². The fraction of sp³-hybridized carbons (Fsp3) is 0.435. The molecule has 1 atom stereocenters. The summed E-state index contributed by atoms with van der Waals surface area (Å²) in [5.41, 5.74) is 1.48. The largest absolute Gasteiger partial charge is 0.497 e. The van der Waals surface area contributed by atoms with Crippen LogP contribution in [0.1, 0.15) is 44.7 Å². The van der Waals surface area contributed by atoms with Crippen LogP contribution in [-0.4, -0.2) is 40.8 Å². The Hall–Kier alpha value is -2.74. The minimum atomic E-state index is -3.52. The summed E-state index contributed by atoms with van der Waals surface area (Å²) in [6.45, 7) is 4.47. The van der Waals surface area contributed by atoms with Crippen LogP contribution < -0.4 is 19.1 Å². The van der Waals surface area contributed by atoms with E-state index in [9.17, 15) is 13.2 Å². The number of carbonyl (C=O) groups is 1. The van der Waals surface area contributed by atoms with Crippen LogP contribution in [0.5, 0.6) is 11.5 Å². The van der Waals surface area contributed by atoms with Crippen molar-refractivity contribution in [2.45, 2.75) is 39.2 Å². The van der Waals surface area contributed by atoms with Crippen molar-refractivity contribution in [2.24, 2.45) is 0 Å². The van der Waals surface area contributed by atoms with Crippen molar-refractivity contribution < 1.29 is 22.7 Å². The lowest BCUT2D eigenvalue weighted by Crippen LogP contribution is -2.33. The minimum Gasteiger partial charge on any atom is -0.497 e. The Kier molecular flexibility index (Phi) is 9.18. The van der Waals surface area contributed by atoms with Gasteiger partial charge in [-0.25, -0.2) is 8.42 Å². The molecule has 0 aliphatic rings. The highest BCUT2D eigenvalue weighted by molar-refractivity contribution is 7.92. The number of nitrogens with zero attached hydrogens (tertiary/aromatic N) is 1. The summed E-state index contributed by atoms with van der Waals surface area (Å²) in [7, 11) is -1.91. The number of carbonyl (C=O) groups excluding carboxylic acids is 1. The predicted molar refractivity (Wildman–Crippen MR) is 123 cm³/mol. The van der Waals surface area contributed by atoms with Gasteiger partial charge in [0.25, 0.3) is 0 Å². The van der Waals surface area contributed by atoms with E-state index in [1.165, 1.54) is 4.31 Å². The van der Waals surface area contributed by atoms with Crippen LogP contribution in [0, 0.1) is 0 Å². The number of benzene rings is 2. The third kappa shape index (κ3) is 7.17. The Morgan fingerprint density at radius 3 is 2.35 bits per heavy atom. The second-order valence-corrected chi connectivity index (χ2v) is 9.05. The molecule has 170 valence electrons. The molecule has 0 spiro atoms. The normalized spacial score (nSPS) is 12.1. The van der Waals surface area contributed by atoms with E-state index < -0.39 is 10.0 Å². The third-order valence-electron chi connectivity index (χ3n) is 4.86. The van der Waals surface area contributed by atoms with E-state index in [1.54, 1.807) is 31.4 Å². The average Bonchev–Trinajstić information content (AvgIpc) is 2.75. The van der Waals surface area contributed by atoms with Gasteiger partial charge < -0.3 is 14.8 Å². The Morgan fingerprint density at radius 1 is 1.10 bits per heavy atom. The predicted octanol–water partition coefficient (Wildman–Crippen LogP) is 3.91. The summed E-state index contributed by atoms with van der Waals surface area (Å²) < 4.78 is 36.8. The first-order chi connectivity index (χ1) is 14.8. The first kappa shape index (κ1) is 24.5. The van der Waals surface area contributed by atoms with Gasteiger partial charge >= 0.3 is 0 Å². The maximum Gasteiger partial charge on any atom is 0.232 e. The van der Waals surface area contributed by atoms with Crippen molar-refractivity contribution in [3.63, 3.8) is 0 Å². The van der Waals surface area contributed by atoms with Gasteiger partial charge in [-0.15, -0.1) is 0 Å². The van der Waals surface area contributed by atoms with Gasteiger partial charge in [0.1, 0.15) is 11.5 Å². The quantitative estimate of drug-likeness (QED) is 0.532. The molecule has 0 saturated heterocycles. The number of amides is 1. The van der Waals surface area contributed by atoms with Crippen LogP contribution >= 0.6 is 0 Å². The molecular weight excluding hydrogens is 416 g/mol. The number of sulfonamides is 1. The molecule has 0 saturated carbocycles.